The standard InChI is InChI=1S/C14H20ClNOS/c1-5-7-13(16-18(17)14(2,3)4)11-8-6-9-12(15)10-11/h5-6,8-10,13,16H,1,7H2,2-4H3/t13-,18?/m0/s1. The Kier molecular flexibility index (Phi) is 5.57. The van der Waals surface area contributed by atoms with Crippen molar-refractivity contribution in [2.45, 2.75) is 38.0 Å². The van der Waals surface area contributed by atoms with Crippen LogP contribution in [0.4, 0.5) is 0 Å². The normalized spacial score (nSPS) is 15.1. The quantitative estimate of drug-likeness (QED) is 0.814. The van der Waals surface area contributed by atoms with Crippen molar-refractivity contribution in [3.05, 3.63) is 47.5 Å². The summed E-state index contributed by atoms with van der Waals surface area (Å²) in [5.74, 6) is 0. The fourth-order valence-electron chi connectivity index (χ4n) is 1.45. The molecule has 2 atom stereocenters. The van der Waals surface area contributed by atoms with Gasteiger partial charge in [0.2, 0.25) is 0 Å². The highest BCUT2D eigenvalue weighted by atomic mass is 35.5. The van der Waals surface area contributed by atoms with Gasteiger partial charge in [0.1, 0.15) is 0 Å². The maximum Gasteiger partial charge on any atom is 0.0976 e. The Bertz CT molecular complexity index is 440. The van der Waals surface area contributed by atoms with Gasteiger partial charge in [-0.15, -0.1) is 6.58 Å². The summed E-state index contributed by atoms with van der Waals surface area (Å²) in [5.41, 5.74) is 1.03. The number of hydrogen-bond acceptors (Lipinski definition) is 1. The smallest absolute Gasteiger partial charge is 0.0976 e. The molecular formula is C14H20ClNOS. The molecule has 1 N–H and O–H groups in total. The van der Waals surface area contributed by atoms with Gasteiger partial charge in [-0.2, -0.15) is 0 Å². The number of benzene rings is 1. The predicted octanol–water partition coefficient (Wildman–Crippen LogP) is 4.01. The lowest BCUT2D eigenvalue weighted by Crippen LogP contribution is -2.35. The first-order valence-corrected chi connectivity index (χ1v) is 7.42. The molecule has 1 aromatic carbocycles. The Hall–Kier alpha value is -0.640. The van der Waals surface area contributed by atoms with Crippen LogP contribution in [0.1, 0.15) is 38.8 Å². The van der Waals surface area contributed by atoms with Gasteiger partial charge in [-0.1, -0.05) is 29.8 Å². The van der Waals surface area contributed by atoms with E-state index in [1.165, 1.54) is 0 Å². The molecule has 0 fully saturated rings. The van der Waals surface area contributed by atoms with Crippen LogP contribution in [0, 0.1) is 0 Å². The lowest BCUT2D eigenvalue weighted by Gasteiger charge is -2.24. The molecule has 4 heteroatoms. The molecule has 0 aliphatic heterocycles. The van der Waals surface area contributed by atoms with Crippen LogP contribution in [0.3, 0.4) is 0 Å². The average molecular weight is 286 g/mol. The molecule has 2 nitrogen and oxygen atoms in total. The molecule has 18 heavy (non-hydrogen) atoms. The summed E-state index contributed by atoms with van der Waals surface area (Å²) >= 11 is 5.99. The van der Waals surface area contributed by atoms with E-state index in [9.17, 15) is 4.21 Å². The summed E-state index contributed by atoms with van der Waals surface area (Å²) in [6, 6.07) is 7.57. The fraction of sp³-hybridized carbons (Fsp3) is 0.429. The van der Waals surface area contributed by atoms with Crippen molar-refractivity contribution in [2.75, 3.05) is 0 Å². The minimum Gasteiger partial charge on any atom is -0.242 e. The first-order valence-electron chi connectivity index (χ1n) is 5.89. The Morgan fingerprint density at radius 3 is 2.67 bits per heavy atom. The molecular weight excluding hydrogens is 266 g/mol. The minimum absolute atomic E-state index is 0.0266. The Morgan fingerprint density at radius 2 is 2.17 bits per heavy atom. The van der Waals surface area contributed by atoms with Crippen molar-refractivity contribution in [1.82, 2.24) is 4.72 Å². The molecule has 0 aromatic heterocycles. The van der Waals surface area contributed by atoms with Gasteiger partial charge in [-0.3, -0.25) is 0 Å². The fourth-order valence-corrected chi connectivity index (χ4v) is 2.49. The zero-order valence-electron chi connectivity index (χ0n) is 11.1. The third kappa shape index (κ3) is 4.56. The summed E-state index contributed by atoms with van der Waals surface area (Å²) in [6.07, 6.45) is 2.53. The SMILES string of the molecule is C=CC[C@H](NS(=O)C(C)(C)C)c1cccc(Cl)c1. The zero-order chi connectivity index (χ0) is 13.8. The highest BCUT2D eigenvalue weighted by Gasteiger charge is 2.23. The van der Waals surface area contributed by atoms with Crippen molar-refractivity contribution in [3.8, 4) is 0 Å². The summed E-state index contributed by atoms with van der Waals surface area (Å²) < 4.78 is 15.0. The van der Waals surface area contributed by atoms with Crippen LogP contribution in [0.15, 0.2) is 36.9 Å². The van der Waals surface area contributed by atoms with Gasteiger partial charge < -0.3 is 0 Å². The van der Waals surface area contributed by atoms with E-state index in [1.54, 1.807) is 0 Å². The Morgan fingerprint density at radius 1 is 1.50 bits per heavy atom. The molecule has 0 bridgehead atoms. The molecule has 0 heterocycles. The monoisotopic (exact) mass is 285 g/mol. The van der Waals surface area contributed by atoms with Crippen molar-refractivity contribution in [3.63, 3.8) is 0 Å². The average Bonchev–Trinajstić information content (AvgIpc) is 2.27. The maximum absolute atomic E-state index is 12.1. The third-order valence-corrected chi connectivity index (χ3v) is 4.30. The van der Waals surface area contributed by atoms with Crippen molar-refractivity contribution >= 4 is 22.6 Å². The van der Waals surface area contributed by atoms with Crippen LogP contribution in [0.25, 0.3) is 0 Å². The van der Waals surface area contributed by atoms with Crippen molar-refractivity contribution < 1.29 is 4.21 Å². The van der Waals surface area contributed by atoms with Gasteiger partial charge in [-0.25, -0.2) is 8.93 Å². The predicted molar refractivity (Wildman–Crippen MR) is 80.0 cm³/mol. The van der Waals surface area contributed by atoms with Gasteiger partial charge in [-0.05, 0) is 44.9 Å². The third-order valence-electron chi connectivity index (χ3n) is 2.46. The minimum atomic E-state index is -1.12. The Labute approximate surface area is 117 Å². The van der Waals surface area contributed by atoms with Crippen molar-refractivity contribution in [1.29, 1.82) is 0 Å². The summed E-state index contributed by atoms with van der Waals surface area (Å²) in [7, 11) is -1.12. The van der Waals surface area contributed by atoms with E-state index in [4.69, 9.17) is 11.6 Å². The molecule has 0 saturated carbocycles. The van der Waals surface area contributed by atoms with Crippen LogP contribution in [0.2, 0.25) is 5.02 Å². The zero-order valence-corrected chi connectivity index (χ0v) is 12.6. The maximum atomic E-state index is 12.1. The van der Waals surface area contributed by atoms with Crippen LogP contribution in [-0.2, 0) is 11.0 Å². The van der Waals surface area contributed by atoms with E-state index >= 15 is 0 Å². The number of rotatable bonds is 5. The first kappa shape index (κ1) is 15.4. The van der Waals surface area contributed by atoms with E-state index < -0.39 is 11.0 Å². The molecule has 0 radical (unpaired) electrons. The summed E-state index contributed by atoms with van der Waals surface area (Å²) in [6.45, 7) is 9.58. The van der Waals surface area contributed by atoms with Gasteiger partial charge in [0.25, 0.3) is 0 Å². The van der Waals surface area contributed by atoms with Gasteiger partial charge in [0, 0.05) is 11.1 Å². The van der Waals surface area contributed by atoms with Gasteiger partial charge in [0.05, 0.1) is 15.7 Å². The first-order chi connectivity index (χ1) is 8.34. The lowest BCUT2D eigenvalue weighted by molar-refractivity contribution is 0.602. The van der Waals surface area contributed by atoms with Gasteiger partial charge in [0.15, 0.2) is 0 Å². The molecule has 0 aliphatic carbocycles. The number of hydrogen-bond donors (Lipinski definition) is 1. The second kappa shape index (κ2) is 6.50. The molecule has 100 valence electrons. The molecule has 1 unspecified atom stereocenters. The second-order valence-electron chi connectivity index (χ2n) is 5.13. The van der Waals surface area contributed by atoms with Gasteiger partial charge >= 0.3 is 0 Å². The number of nitrogens with one attached hydrogen (secondary N) is 1. The van der Waals surface area contributed by atoms with Crippen molar-refractivity contribution in [2.24, 2.45) is 0 Å². The Balaban J connectivity index is 2.90. The van der Waals surface area contributed by atoms with Crippen LogP contribution < -0.4 is 4.72 Å². The second-order valence-corrected chi connectivity index (χ2v) is 7.57. The summed E-state index contributed by atoms with van der Waals surface area (Å²) in [4.78, 5) is 0. The van der Waals surface area contributed by atoms with Crippen LogP contribution >= 0.6 is 11.6 Å². The number of halogens is 1. The lowest BCUT2D eigenvalue weighted by atomic mass is 10.1. The largest absolute Gasteiger partial charge is 0.242 e. The van der Waals surface area contributed by atoms with Crippen LogP contribution in [-0.4, -0.2) is 8.96 Å². The molecule has 1 rings (SSSR count). The molecule has 0 amide bonds. The molecule has 0 spiro atoms. The topological polar surface area (TPSA) is 29.1 Å². The van der Waals surface area contributed by atoms with Crippen LogP contribution in [0.5, 0.6) is 0 Å². The molecule has 1 aromatic rings. The highest BCUT2D eigenvalue weighted by molar-refractivity contribution is 7.84. The van der Waals surface area contributed by atoms with E-state index in [0.29, 0.717) is 11.4 Å². The van der Waals surface area contributed by atoms with E-state index in [2.05, 4.69) is 11.3 Å². The summed E-state index contributed by atoms with van der Waals surface area (Å²) in [5, 5.41) is 0.685. The molecule has 0 aliphatic rings. The van der Waals surface area contributed by atoms with E-state index in [1.807, 2.05) is 51.1 Å². The van der Waals surface area contributed by atoms with E-state index in [0.717, 1.165) is 5.56 Å². The van der Waals surface area contributed by atoms with E-state index in [-0.39, 0.29) is 10.8 Å². The highest BCUT2D eigenvalue weighted by Crippen LogP contribution is 2.23. The molecule has 0 saturated heterocycles.